The molecule has 0 aromatic heterocycles. The van der Waals surface area contributed by atoms with Gasteiger partial charge in [0.15, 0.2) is 0 Å². The minimum absolute atomic E-state index is 0.191. The highest BCUT2D eigenvalue weighted by Gasteiger charge is 2.41. The fraction of sp³-hybridized carbons (Fsp3) is 0.455. The van der Waals surface area contributed by atoms with Crippen molar-refractivity contribution in [3.05, 3.63) is 41.0 Å². The van der Waals surface area contributed by atoms with Gasteiger partial charge in [-0.05, 0) is 69.1 Å². The first-order chi connectivity index (χ1) is 11.7. The molecule has 25 heavy (non-hydrogen) atoms. The van der Waals surface area contributed by atoms with Gasteiger partial charge in [-0.3, -0.25) is 0 Å². The smallest absolute Gasteiger partial charge is 0.129 e. The van der Waals surface area contributed by atoms with Crippen LogP contribution in [0.15, 0.2) is 24.3 Å². The van der Waals surface area contributed by atoms with Gasteiger partial charge in [-0.25, -0.2) is 0 Å². The van der Waals surface area contributed by atoms with E-state index >= 15 is 0 Å². The van der Waals surface area contributed by atoms with E-state index in [1.807, 2.05) is 0 Å². The Morgan fingerprint density at radius 1 is 1.08 bits per heavy atom. The third-order valence-electron chi connectivity index (χ3n) is 5.08. The highest BCUT2D eigenvalue weighted by molar-refractivity contribution is 7.68. The first kappa shape index (κ1) is 18.3. The molecule has 0 bridgehead atoms. The monoisotopic (exact) mass is 356 g/mol. The molecule has 2 atom stereocenters. The van der Waals surface area contributed by atoms with Crippen LogP contribution in [0.1, 0.15) is 44.4 Å². The van der Waals surface area contributed by atoms with Crippen molar-refractivity contribution in [2.75, 3.05) is 7.11 Å². The Labute approximate surface area is 153 Å². The molecule has 0 aliphatic carbocycles. The lowest BCUT2D eigenvalue weighted by molar-refractivity contribution is 0.313. The van der Waals surface area contributed by atoms with Crippen molar-refractivity contribution in [1.82, 2.24) is 0 Å². The average Bonchev–Trinajstić information content (AvgIpc) is 2.86. The van der Waals surface area contributed by atoms with E-state index in [0.29, 0.717) is 0 Å². The Hall–Kier alpha value is -1.53. The van der Waals surface area contributed by atoms with E-state index in [-0.39, 0.29) is 11.0 Å². The van der Waals surface area contributed by atoms with Gasteiger partial charge < -0.3 is 9.47 Å². The molecular formula is C22H29O2P. The average molecular weight is 356 g/mol. The lowest BCUT2D eigenvalue weighted by Crippen LogP contribution is -2.23. The molecule has 0 radical (unpaired) electrons. The van der Waals surface area contributed by atoms with Gasteiger partial charge in [-0.1, -0.05) is 39.0 Å². The van der Waals surface area contributed by atoms with Crippen molar-refractivity contribution in [3.63, 3.8) is 0 Å². The van der Waals surface area contributed by atoms with E-state index in [2.05, 4.69) is 72.7 Å². The number of aryl methyl sites for hydroxylation is 2. The Balaban J connectivity index is 2.35. The van der Waals surface area contributed by atoms with E-state index in [1.54, 1.807) is 7.11 Å². The van der Waals surface area contributed by atoms with Gasteiger partial charge in [0.25, 0.3) is 0 Å². The zero-order valence-electron chi connectivity index (χ0n) is 16.7. The van der Waals surface area contributed by atoms with Crippen molar-refractivity contribution in [1.29, 1.82) is 0 Å². The van der Waals surface area contributed by atoms with E-state index < -0.39 is 7.92 Å². The number of rotatable bonds is 2. The summed E-state index contributed by atoms with van der Waals surface area (Å²) in [7, 11) is 1.34. The van der Waals surface area contributed by atoms with Gasteiger partial charge in [0.1, 0.15) is 17.3 Å². The van der Waals surface area contributed by atoms with E-state index in [9.17, 15) is 0 Å². The molecule has 3 heteroatoms. The largest absolute Gasteiger partial charge is 0.496 e. The minimum atomic E-state index is -0.434. The summed E-state index contributed by atoms with van der Waals surface area (Å²) >= 11 is 0. The number of hydrogen-bond acceptors (Lipinski definition) is 2. The van der Waals surface area contributed by atoms with Crippen molar-refractivity contribution in [2.24, 2.45) is 0 Å². The summed E-state index contributed by atoms with van der Waals surface area (Å²) < 4.78 is 12.1. The van der Waals surface area contributed by atoms with Crippen molar-refractivity contribution < 1.29 is 9.47 Å². The number of benzene rings is 2. The molecule has 1 heterocycles. The number of hydrogen-bond donors (Lipinski definition) is 0. The van der Waals surface area contributed by atoms with Crippen molar-refractivity contribution in [3.8, 4) is 22.6 Å². The predicted octanol–water partition coefficient (Wildman–Crippen LogP) is 5.93. The Morgan fingerprint density at radius 2 is 1.76 bits per heavy atom. The molecule has 2 aromatic rings. The molecule has 0 fully saturated rings. The summed E-state index contributed by atoms with van der Waals surface area (Å²) in [4.78, 5) is 0. The van der Waals surface area contributed by atoms with Gasteiger partial charge in [0.05, 0.1) is 7.11 Å². The third-order valence-corrected chi connectivity index (χ3v) is 8.30. The van der Waals surface area contributed by atoms with E-state index in [1.165, 1.54) is 33.1 Å². The molecule has 0 unspecified atom stereocenters. The number of methoxy groups -OCH3 is 1. The Bertz CT molecular complexity index is 818. The highest BCUT2D eigenvalue weighted by atomic mass is 31.1. The van der Waals surface area contributed by atoms with E-state index in [4.69, 9.17) is 9.47 Å². The third kappa shape index (κ3) is 2.95. The minimum Gasteiger partial charge on any atom is -0.496 e. The molecule has 0 saturated carbocycles. The maximum absolute atomic E-state index is 6.27. The van der Waals surface area contributed by atoms with Crippen molar-refractivity contribution >= 4 is 13.2 Å². The molecular weight excluding hydrogens is 327 g/mol. The quantitative estimate of drug-likeness (QED) is 0.621. The van der Waals surface area contributed by atoms with Gasteiger partial charge in [-0.15, -0.1) is 0 Å². The van der Waals surface area contributed by atoms with Gasteiger partial charge in [0.2, 0.25) is 0 Å². The van der Waals surface area contributed by atoms with E-state index in [0.717, 1.165) is 11.5 Å². The molecule has 1 aliphatic rings. The normalized spacial score (nSPS) is 19.5. The SMILES string of the molecule is COc1c(C)cc(C)c(C)c1-c1cccc2c1[P@](C(C)(C)C)[C@@H](C)O2. The van der Waals surface area contributed by atoms with Crippen LogP contribution in [0.4, 0.5) is 0 Å². The Kier molecular flexibility index (Phi) is 4.62. The second kappa shape index (κ2) is 6.32. The van der Waals surface area contributed by atoms with Gasteiger partial charge in [0, 0.05) is 10.9 Å². The molecule has 0 spiro atoms. The summed E-state index contributed by atoms with van der Waals surface area (Å²) in [6.45, 7) is 15.7. The number of fused-ring (bicyclic) bond motifs is 1. The summed E-state index contributed by atoms with van der Waals surface area (Å²) in [5.74, 6) is 2.27. The van der Waals surface area contributed by atoms with Crippen LogP contribution in [0, 0.1) is 20.8 Å². The zero-order valence-corrected chi connectivity index (χ0v) is 17.5. The second-order valence-corrected chi connectivity index (χ2v) is 11.2. The van der Waals surface area contributed by atoms with Gasteiger partial charge >= 0.3 is 0 Å². The summed E-state index contributed by atoms with van der Waals surface area (Å²) in [6, 6.07) is 8.68. The predicted molar refractivity (Wildman–Crippen MR) is 109 cm³/mol. The van der Waals surface area contributed by atoms with Gasteiger partial charge in [-0.2, -0.15) is 0 Å². The molecule has 2 nitrogen and oxygen atoms in total. The second-order valence-electron chi connectivity index (χ2n) is 7.95. The maximum Gasteiger partial charge on any atom is 0.129 e. The molecule has 0 N–H and O–H groups in total. The lowest BCUT2D eigenvalue weighted by Gasteiger charge is -2.31. The number of ether oxygens (including phenoxy) is 2. The van der Waals surface area contributed by atoms with Crippen LogP contribution < -0.4 is 14.8 Å². The standard InChI is InChI=1S/C22H29O2P/c1-13-12-14(2)20(23-8)19(15(13)3)17-10-9-11-18-21(17)25(16(4)24-18)22(5,6)7/h9-12,16H,1-8H3/t16-,25+/m0/s1. The topological polar surface area (TPSA) is 18.5 Å². The lowest BCUT2D eigenvalue weighted by atomic mass is 9.93. The fourth-order valence-electron chi connectivity index (χ4n) is 4.02. The first-order valence-corrected chi connectivity index (χ1v) is 10.3. The fourth-order valence-corrected chi connectivity index (χ4v) is 7.17. The molecule has 1 aliphatic heterocycles. The van der Waals surface area contributed by atoms with Crippen LogP contribution in [0.25, 0.3) is 11.1 Å². The van der Waals surface area contributed by atoms with Crippen LogP contribution in [0.5, 0.6) is 11.5 Å². The molecule has 3 rings (SSSR count). The van der Waals surface area contributed by atoms with Crippen LogP contribution in [-0.2, 0) is 0 Å². The Morgan fingerprint density at radius 3 is 2.36 bits per heavy atom. The molecule has 0 amide bonds. The molecule has 134 valence electrons. The summed E-state index contributed by atoms with van der Waals surface area (Å²) in [5, 5.41) is 1.58. The zero-order chi connectivity index (χ0) is 18.5. The first-order valence-electron chi connectivity index (χ1n) is 8.91. The van der Waals surface area contributed by atoms with Crippen LogP contribution in [0.3, 0.4) is 0 Å². The molecule has 0 saturated heterocycles. The molecule has 2 aromatic carbocycles. The highest BCUT2D eigenvalue weighted by Crippen LogP contribution is 2.60. The van der Waals surface area contributed by atoms with Crippen LogP contribution in [-0.4, -0.2) is 18.1 Å². The van der Waals surface area contributed by atoms with Crippen molar-refractivity contribution in [2.45, 2.75) is 59.5 Å². The maximum atomic E-state index is 6.27. The summed E-state index contributed by atoms with van der Waals surface area (Å²) in [5.41, 5.74) is 6.29. The van der Waals surface area contributed by atoms with Crippen LogP contribution in [0.2, 0.25) is 0 Å². The summed E-state index contributed by atoms with van der Waals surface area (Å²) in [6.07, 6.45) is 0. The van der Waals surface area contributed by atoms with Crippen LogP contribution >= 0.6 is 7.92 Å².